The van der Waals surface area contributed by atoms with Gasteiger partial charge in [0.1, 0.15) is 6.04 Å². The molecule has 256 valence electrons. The largest absolute Gasteiger partial charge is 0.369 e. The molecule has 4 aromatic carbocycles. The molecule has 5 rings (SSSR count). The van der Waals surface area contributed by atoms with Crippen LogP contribution in [0.15, 0.2) is 97.1 Å². The van der Waals surface area contributed by atoms with Gasteiger partial charge in [0.2, 0.25) is 11.8 Å². The minimum Gasteiger partial charge on any atom is -0.369 e. The molecule has 0 saturated heterocycles. The third kappa shape index (κ3) is 8.64. The number of rotatable bonds is 13. The molecule has 9 heteroatoms. The number of nitrogens with one attached hydrogen (secondary N) is 1. The van der Waals surface area contributed by atoms with Crippen LogP contribution in [0.5, 0.6) is 0 Å². The summed E-state index contributed by atoms with van der Waals surface area (Å²) in [6, 6.07) is 30.0. The fourth-order valence-electron chi connectivity index (χ4n) is 6.66. The van der Waals surface area contributed by atoms with Crippen molar-refractivity contribution >= 4 is 58.0 Å². The van der Waals surface area contributed by atoms with Gasteiger partial charge in [0.25, 0.3) is 5.91 Å². The summed E-state index contributed by atoms with van der Waals surface area (Å²) in [6.07, 6.45) is 2.67. The lowest BCUT2D eigenvalue weighted by Gasteiger charge is -2.30. The van der Waals surface area contributed by atoms with Gasteiger partial charge in [-0.3, -0.25) is 14.4 Å². The Morgan fingerprint density at radius 2 is 1.61 bits per heavy atom. The maximum Gasteiger partial charge on any atom is 0.251 e. The van der Waals surface area contributed by atoms with Crippen LogP contribution in [-0.4, -0.2) is 30.3 Å². The molecule has 49 heavy (non-hydrogen) atoms. The molecule has 0 radical (unpaired) electrons. The third-order valence-corrected chi connectivity index (χ3v) is 9.62. The average Bonchev–Trinajstić information content (AvgIpc) is 3.19. The first-order chi connectivity index (χ1) is 23.6. The first-order valence-corrected chi connectivity index (χ1v) is 17.7. The summed E-state index contributed by atoms with van der Waals surface area (Å²) in [6.45, 7) is 6.54. The van der Waals surface area contributed by atoms with Crippen LogP contribution in [0.25, 0.3) is 11.1 Å². The maximum atomic E-state index is 14.7. The number of para-hydroxylation sites is 3. The molecule has 0 bridgehead atoms. The lowest BCUT2D eigenvalue weighted by molar-refractivity contribution is -0.136. The molecule has 0 saturated carbocycles. The lowest BCUT2D eigenvalue weighted by Crippen LogP contribution is -2.54. The van der Waals surface area contributed by atoms with Gasteiger partial charge in [0.15, 0.2) is 0 Å². The zero-order valence-electron chi connectivity index (χ0n) is 28.2. The zero-order valence-corrected chi connectivity index (χ0v) is 29.8. The highest BCUT2D eigenvalue weighted by Crippen LogP contribution is 2.39. The van der Waals surface area contributed by atoms with Crippen molar-refractivity contribution < 1.29 is 14.4 Å². The lowest BCUT2D eigenvalue weighted by atomic mass is 9.81. The Kier molecular flexibility index (Phi) is 12.0. The number of fused-ring (bicyclic) bond motifs is 1. The summed E-state index contributed by atoms with van der Waals surface area (Å²) >= 11 is 12.7. The van der Waals surface area contributed by atoms with E-state index in [0.717, 1.165) is 46.6 Å². The summed E-state index contributed by atoms with van der Waals surface area (Å²) in [7, 11) is 0. The van der Waals surface area contributed by atoms with Crippen LogP contribution in [0.1, 0.15) is 52.0 Å². The van der Waals surface area contributed by atoms with Gasteiger partial charge in [0, 0.05) is 33.1 Å². The van der Waals surface area contributed by atoms with Crippen molar-refractivity contribution in [2.45, 2.75) is 59.0 Å². The van der Waals surface area contributed by atoms with Crippen LogP contribution < -0.4 is 20.9 Å². The van der Waals surface area contributed by atoms with Gasteiger partial charge in [-0.1, -0.05) is 111 Å². The van der Waals surface area contributed by atoms with Crippen LogP contribution in [0, 0.1) is 17.8 Å². The van der Waals surface area contributed by atoms with Gasteiger partial charge in [-0.05, 0) is 72.4 Å². The summed E-state index contributed by atoms with van der Waals surface area (Å²) < 4.78 is 0. The normalized spacial score (nSPS) is 15.8. The molecule has 3 amide bonds. The second-order valence-electron chi connectivity index (χ2n) is 13.1. The van der Waals surface area contributed by atoms with E-state index in [4.69, 9.17) is 28.9 Å². The van der Waals surface area contributed by atoms with E-state index >= 15 is 0 Å². The van der Waals surface area contributed by atoms with E-state index in [1.807, 2.05) is 106 Å². The van der Waals surface area contributed by atoms with Crippen molar-refractivity contribution in [2.24, 2.45) is 23.5 Å². The van der Waals surface area contributed by atoms with Crippen molar-refractivity contribution in [3.05, 3.63) is 113 Å². The molecule has 0 spiro atoms. The Labute approximate surface area is 299 Å². The molecule has 0 fully saturated rings. The predicted octanol–water partition coefficient (Wildman–Crippen LogP) is 8.78. The predicted molar refractivity (Wildman–Crippen MR) is 200 cm³/mol. The molecule has 0 aliphatic carbocycles. The second kappa shape index (κ2) is 16.4. The van der Waals surface area contributed by atoms with Gasteiger partial charge in [-0.25, -0.2) is 0 Å². The van der Waals surface area contributed by atoms with E-state index in [1.54, 1.807) is 17.0 Å². The van der Waals surface area contributed by atoms with Crippen molar-refractivity contribution in [2.75, 3.05) is 16.3 Å². The number of hydrogen-bond acceptors (Lipinski definition) is 4. The molecule has 1 aliphatic rings. The number of anilines is 3. The van der Waals surface area contributed by atoms with E-state index in [9.17, 15) is 14.4 Å². The zero-order chi connectivity index (χ0) is 35.1. The summed E-state index contributed by atoms with van der Waals surface area (Å²) in [4.78, 5) is 45.5. The molecule has 1 heterocycles. The SMILES string of the molecule is CCCC[C@H](C(N)=O)[C@@H](CC(C)C)C(=O)NC1CN(c2ccccc2)c2ccccc2N(Cc2cccc(-c3ccc(Cl)cc3Cl)c2)C1=O. The van der Waals surface area contributed by atoms with E-state index in [0.29, 0.717) is 22.9 Å². The number of unbranched alkanes of at least 4 members (excludes halogenated alkanes) is 1. The fourth-order valence-corrected chi connectivity index (χ4v) is 7.18. The number of primary amides is 1. The number of carbonyl (C=O) groups excluding carboxylic acids is 3. The third-order valence-electron chi connectivity index (χ3n) is 9.07. The Morgan fingerprint density at radius 3 is 2.29 bits per heavy atom. The minimum atomic E-state index is -0.914. The number of nitrogens with zero attached hydrogens (tertiary/aromatic N) is 2. The summed E-state index contributed by atoms with van der Waals surface area (Å²) in [5.41, 5.74) is 11.0. The minimum absolute atomic E-state index is 0.145. The Morgan fingerprint density at radius 1 is 0.898 bits per heavy atom. The quantitative estimate of drug-likeness (QED) is 0.146. The van der Waals surface area contributed by atoms with E-state index in [1.165, 1.54) is 0 Å². The highest BCUT2D eigenvalue weighted by atomic mass is 35.5. The van der Waals surface area contributed by atoms with Gasteiger partial charge in [-0.2, -0.15) is 0 Å². The molecule has 7 nitrogen and oxygen atoms in total. The van der Waals surface area contributed by atoms with E-state index in [-0.39, 0.29) is 30.8 Å². The van der Waals surface area contributed by atoms with Crippen LogP contribution in [0.4, 0.5) is 17.1 Å². The van der Waals surface area contributed by atoms with E-state index < -0.39 is 23.8 Å². The average molecular weight is 700 g/mol. The Balaban J connectivity index is 1.55. The van der Waals surface area contributed by atoms with Crippen LogP contribution in [-0.2, 0) is 20.9 Å². The smallest absolute Gasteiger partial charge is 0.251 e. The Bertz CT molecular complexity index is 1780. The Hall–Kier alpha value is -4.33. The fraction of sp³-hybridized carbons (Fsp3) is 0.325. The first kappa shape index (κ1) is 36.0. The van der Waals surface area contributed by atoms with Gasteiger partial charge in [0.05, 0.1) is 24.5 Å². The number of halogens is 2. The summed E-state index contributed by atoms with van der Waals surface area (Å²) in [5, 5.41) is 4.20. The van der Waals surface area contributed by atoms with Crippen LogP contribution >= 0.6 is 23.2 Å². The summed E-state index contributed by atoms with van der Waals surface area (Å²) in [5.74, 6) is -2.19. The number of benzene rings is 4. The molecule has 1 unspecified atom stereocenters. The number of nitrogens with two attached hydrogens (primary N) is 1. The number of hydrogen-bond donors (Lipinski definition) is 2. The molecule has 0 aromatic heterocycles. The monoisotopic (exact) mass is 698 g/mol. The van der Waals surface area contributed by atoms with Crippen molar-refractivity contribution in [1.82, 2.24) is 5.32 Å². The topological polar surface area (TPSA) is 95.7 Å². The molecule has 1 aliphatic heterocycles. The maximum absolute atomic E-state index is 14.7. The van der Waals surface area contributed by atoms with Crippen molar-refractivity contribution in [3.63, 3.8) is 0 Å². The number of carbonyl (C=O) groups is 3. The van der Waals surface area contributed by atoms with Gasteiger partial charge in [-0.15, -0.1) is 0 Å². The molecule has 4 aromatic rings. The van der Waals surface area contributed by atoms with E-state index in [2.05, 4.69) is 10.2 Å². The van der Waals surface area contributed by atoms with Gasteiger partial charge < -0.3 is 20.9 Å². The molecule has 3 atom stereocenters. The van der Waals surface area contributed by atoms with Crippen molar-refractivity contribution in [3.8, 4) is 11.1 Å². The highest BCUT2D eigenvalue weighted by molar-refractivity contribution is 6.36. The number of amides is 3. The highest BCUT2D eigenvalue weighted by Gasteiger charge is 2.39. The first-order valence-electron chi connectivity index (χ1n) is 16.9. The second-order valence-corrected chi connectivity index (χ2v) is 14.0. The molecular formula is C40H44Cl2N4O3. The van der Waals surface area contributed by atoms with Crippen molar-refractivity contribution in [1.29, 1.82) is 0 Å². The van der Waals surface area contributed by atoms with Crippen LogP contribution in [0.2, 0.25) is 10.0 Å². The van der Waals surface area contributed by atoms with Crippen LogP contribution in [0.3, 0.4) is 0 Å². The van der Waals surface area contributed by atoms with Gasteiger partial charge >= 0.3 is 0 Å². The molecular weight excluding hydrogens is 655 g/mol. The standard InChI is InChI=1S/C40H44Cl2N4O3/c1-4-5-16-32(38(43)47)33(21-26(2)3)39(48)44-35-25-45(30-14-7-6-8-15-30)36-17-9-10-18-37(36)46(40(35)49)24-27-12-11-13-28(22-27)31-20-19-29(41)23-34(31)42/h6-15,17-20,22-23,26,32-33,35H,4-5,16,21,24-25H2,1-3H3,(H2,43,47)(H,44,48)/t32-,33+,35?/m0/s1. The molecule has 3 N–H and O–H groups in total.